The Labute approximate surface area is 112 Å². The van der Waals surface area contributed by atoms with Crippen molar-refractivity contribution in [1.82, 2.24) is 9.78 Å². The number of nitrogens with zero attached hydrogens (tertiary/aromatic N) is 3. The molecule has 0 atom stereocenters. The number of para-hydroxylation sites is 1. The maximum Gasteiger partial charge on any atom is 0.137 e. The van der Waals surface area contributed by atoms with E-state index >= 15 is 0 Å². The van der Waals surface area contributed by atoms with E-state index < -0.39 is 0 Å². The Bertz CT molecular complexity index is 652. The number of ether oxygens (including phenoxy) is 1. The molecular formula is C15H15N3O. The third kappa shape index (κ3) is 2.08. The first-order valence-electron chi connectivity index (χ1n) is 6.45. The Morgan fingerprint density at radius 2 is 2.21 bits per heavy atom. The van der Waals surface area contributed by atoms with Gasteiger partial charge in [0.25, 0.3) is 0 Å². The molecular weight excluding hydrogens is 238 g/mol. The Morgan fingerprint density at radius 3 is 3.05 bits per heavy atom. The molecule has 0 amide bonds. The standard InChI is InChI=1S/C15H15N3O/c1-18-14(12-6-4-7-13(12)17-18)10-19-15-8-3-2-5-11(15)9-16/h2-3,5,8H,4,6-7,10H2,1H3. The predicted molar refractivity (Wildman–Crippen MR) is 70.7 cm³/mol. The number of nitriles is 1. The fourth-order valence-corrected chi connectivity index (χ4v) is 2.60. The van der Waals surface area contributed by atoms with E-state index in [9.17, 15) is 0 Å². The van der Waals surface area contributed by atoms with Gasteiger partial charge in [-0.1, -0.05) is 12.1 Å². The number of aryl methyl sites for hydroxylation is 2. The molecule has 0 radical (unpaired) electrons. The molecule has 1 aliphatic rings. The summed E-state index contributed by atoms with van der Waals surface area (Å²) in [6.07, 6.45) is 3.33. The largest absolute Gasteiger partial charge is 0.486 e. The molecule has 4 nitrogen and oxygen atoms in total. The highest BCUT2D eigenvalue weighted by Gasteiger charge is 2.21. The molecule has 0 fully saturated rings. The van der Waals surface area contributed by atoms with Crippen molar-refractivity contribution in [3.05, 3.63) is 46.8 Å². The first-order valence-corrected chi connectivity index (χ1v) is 6.45. The number of fused-ring (bicyclic) bond motifs is 1. The van der Waals surface area contributed by atoms with Crippen LogP contribution in [0.1, 0.15) is 28.9 Å². The Morgan fingerprint density at radius 1 is 1.37 bits per heavy atom. The summed E-state index contributed by atoms with van der Waals surface area (Å²) in [5.41, 5.74) is 4.23. The van der Waals surface area contributed by atoms with Crippen LogP contribution in [0.4, 0.5) is 0 Å². The Kier molecular flexibility index (Phi) is 2.96. The SMILES string of the molecule is Cn1nc2c(c1COc1ccccc1C#N)CCC2. The predicted octanol–water partition coefficient (Wildman–Crippen LogP) is 2.36. The third-order valence-corrected chi connectivity index (χ3v) is 3.57. The van der Waals surface area contributed by atoms with E-state index in [4.69, 9.17) is 10.00 Å². The van der Waals surface area contributed by atoms with E-state index in [1.165, 1.54) is 17.7 Å². The zero-order valence-electron chi connectivity index (χ0n) is 10.9. The van der Waals surface area contributed by atoms with Crippen LogP contribution in [0.15, 0.2) is 24.3 Å². The van der Waals surface area contributed by atoms with Crippen LogP contribution in [0.2, 0.25) is 0 Å². The summed E-state index contributed by atoms with van der Waals surface area (Å²) < 4.78 is 7.70. The molecule has 0 saturated heterocycles. The van der Waals surface area contributed by atoms with Crippen LogP contribution < -0.4 is 4.74 Å². The van der Waals surface area contributed by atoms with Gasteiger partial charge in [0.2, 0.25) is 0 Å². The fourth-order valence-electron chi connectivity index (χ4n) is 2.60. The van der Waals surface area contributed by atoms with Crippen LogP contribution >= 0.6 is 0 Å². The topological polar surface area (TPSA) is 50.8 Å². The first-order chi connectivity index (χ1) is 9.29. The number of rotatable bonds is 3. The van der Waals surface area contributed by atoms with E-state index in [-0.39, 0.29) is 0 Å². The Hall–Kier alpha value is -2.28. The molecule has 1 aliphatic carbocycles. The molecule has 1 heterocycles. The molecule has 3 rings (SSSR count). The average Bonchev–Trinajstić information content (AvgIpc) is 2.98. The minimum absolute atomic E-state index is 0.470. The van der Waals surface area contributed by atoms with Gasteiger partial charge in [0.05, 0.1) is 17.0 Å². The summed E-state index contributed by atoms with van der Waals surface area (Å²) in [5, 5.41) is 13.6. The highest BCUT2D eigenvalue weighted by molar-refractivity contribution is 5.42. The molecule has 1 aromatic carbocycles. The van der Waals surface area contributed by atoms with Crippen molar-refractivity contribution in [3.8, 4) is 11.8 Å². The van der Waals surface area contributed by atoms with Crippen molar-refractivity contribution in [2.45, 2.75) is 25.9 Å². The quantitative estimate of drug-likeness (QED) is 0.843. The third-order valence-electron chi connectivity index (χ3n) is 3.57. The van der Waals surface area contributed by atoms with Gasteiger partial charge in [-0.05, 0) is 31.4 Å². The molecule has 2 aromatic rings. The van der Waals surface area contributed by atoms with E-state index in [0.29, 0.717) is 17.9 Å². The number of hydrogen-bond donors (Lipinski definition) is 0. The monoisotopic (exact) mass is 253 g/mol. The summed E-state index contributed by atoms with van der Waals surface area (Å²) in [5.74, 6) is 0.637. The number of aromatic nitrogens is 2. The van der Waals surface area contributed by atoms with E-state index in [2.05, 4.69) is 11.2 Å². The number of benzene rings is 1. The van der Waals surface area contributed by atoms with E-state index in [1.807, 2.05) is 29.9 Å². The second-order valence-corrected chi connectivity index (χ2v) is 4.75. The van der Waals surface area contributed by atoms with Gasteiger partial charge in [-0.15, -0.1) is 0 Å². The Balaban J connectivity index is 1.82. The first kappa shape index (κ1) is 11.8. The van der Waals surface area contributed by atoms with Crippen molar-refractivity contribution < 1.29 is 4.74 Å². The van der Waals surface area contributed by atoms with Crippen LogP contribution in [-0.2, 0) is 26.5 Å². The minimum atomic E-state index is 0.470. The summed E-state index contributed by atoms with van der Waals surface area (Å²) in [6.45, 7) is 0.470. The highest BCUT2D eigenvalue weighted by atomic mass is 16.5. The van der Waals surface area contributed by atoms with Crippen LogP contribution in [0, 0.1) is 11.3 Å². The van der Waals surface area contributed by atoms with Gasteiger partial charge in [0, 0.05) is 12.6 Å². The zero-order chi connectivity index (χ0) is 13.2. The van der Waals surface area contributed by atoms with Crippen molar-refractivity contribution in [3.63, 3.8) is 0 Å². The lowest BCUT2D eigenvalue weighted by atomic mass is 10.2. The van der Waals surface area contributed by atoms with Crippen LogP contribution in [0.25, 0.3) is 0 Å². The number of hydrogen-bond acceptors (Lipinski definition) is 3. The normalized spacial score (nSPS) is 13.1. The van der Waals surface area contributed by atoms with Gasteiger partial charge in [-0.2, -0.15) is 10.4 Å². The van der Waals surface area contributed by atoms with Crippen LogP contribution in [-0.4, -0.2) is 9.78 Å². The maximum atomic E-state index is 9.04. The van der Waals surface area contributed by atoms with Gasteiger partial charge in [0.1, 0.15) is 18.4 Å². The van der Waals surface area contributed by atoms with Crippen LogP contribution in [0.5, 0.6) is 5.75 Å². The molecule has 4 heteroatoms. The molecule has 0 unspecified atom stereocenters. The molecule has 0 spiro atoms. The second kappa shape index (κ2) is 4.77. The lowest BCUT2D eigenvalue weighted by molar-refractivity contribution is 0.292. The van der Waals surface area contributed by atoms with Gasteiger partial charge < -0.3 is 4.74 Å². The molecule has 1 aromatic heterocycles. The van der Waals surface area contributed by atoms with Gasteiger partial charge in [-0.25, -0.2) is 0 Å². The van der Waals surface area contributed by atoms with Gasteiger partial charge in [-0.3, -0.25) is 4.68 Å². The lowest BCUT2D eigenvalue weighted by Gasteiger charge is -2.09. The van der Waals surface area contributed by atoms with E-state index in [1.54, 1.807) is 6.07 Å². The lowest BCUT2D eigenvalue weighted by Crippen LogP contribution is -2.06. The van der Waals surface area contributed by atoms with Crippen molar-refractivity contribution in [2.75, 3.05) is 0 Å². The molecule has 19 heavy (non-hydrogen) atoms. The van der Waals surface area contributed by atoms with Crippen LogP contribution in [0.3, 0.4) is 0 Å². The smallest absolute Gasteiger partial charge is 0.137 e. The average molecular weight is 253 g/mol. The van der Waals surface area contributed by atoms with Crippen molar-refractivity contribution in [2.24, 2.45) is 7.05 Å². The summed E-state index contributed by atoms with van der Waals surface area (Å²) in [4.78, 5) is 0. The summed E-state index contributed by atoms with van der Waals surface area (Å²) >= 11 is 0. The zero-order valence-corrected chi connectivity index (χ0v) is 10.9. The van der Waals surface area contributed by atoms with E-state index in [0.717, 1.165) is 18.5 Å². The highest BCUT2D eigenvalue weighted by Crippen LogP contribution is 2.26. The molecule has 0 aliphatic heterocycles. The van der Waals surface area contributed by atoms with Gasteiger partial charge in [0.15, 0.2) is 0 Å². The fraction of sp³-hybridized carbons (Fsp3) is 0.333. The minimum Gasteiger partial charge on any atom is -0.486 e. The molecule has 0 bridgehead atoms. The van der Waals surface area contributed by atoms with Crippen molar-refractivity contribution in [1.29, 1.82) is 5.26 Å². The second-order valence-electron chi connectivity index (χ2n) is 4.75. The maximum absolute atomic E-state index is 9.04. The summed E-state index contributed by atoms with van der Waals surface area (Å²) in [6, 6.07) is 9.46. The van der Waals surface area contributed by atoms with Gasteiger partial charge >= 0.3 is 0 Å². The summed E-state index contributed by atoms with van der Waals surface area (Å²) in [7, 11) is 1.95. The van der Waals surface area contributed by atoms with Crippen molar-refractivity contribution >= 4 is 0 Å². The molecule has 0 N–H and O–H groups in total. The molecule has 96 valence electrons. The molecule has 0 saturated carbocycles.